The Bertz CT molecular complexity index is 306. The van der Waals surface area contributed by atoms with Gasteiger partial charge in [-0.05, 0) is 19.8 Å². The number of nitrogens with two attached hydrogens (primary N) is 1. The molecule has 1 aliphatic heterocycles. The van der Waals surface area contributed by atoms with E-state index in [0.717, 1.165) is 30.3 Å². The Balaban J connectivity index is 2.07. The van der Waals surface area contributed by atoms with Gasteiger partial charge in [-0.2, -0.15) is 0 Å². The van der Waals surface area contributed by atoms with Crippen molar-refractivity contribution < 1.29 is 4.74 Å². The van der Waals surface area contributed by atoms with Gasteiger partial charge in [-0.3, -0.25) is 0 Å². The van der Waals surface area contributed by atoms with Crippen LogP contribution in [0.2, 0.25) is 0 Å². The first kappa shape index (κ1) is 9.73. The first-order chi connectivity index (χ1) is 6.74. The largest absolute Gasteiger partial charge is 0.384 e. The summed E-state index contributed by atoms with van der Waals surface area (Å²) in [6.07, 6.45) is 2.20. The molecule has 1 atom stereocenters. The summed E-state index contributed by atoms with van der Waals surface area (Å²) in [4.78, 5) is 8.44. The number of nitrogens with zero attached hydrogens (tertiary/aromatic N) is 2. The summed E-state index contributed by atoms with van der Waals surface area (Å²) < 4.78 is 5.48. The third-order valence-corrected chi connectivity index (χ3v) is 3.01. The first-order valence-electron chi connectivity index (χ1n) is 4.63. The van der Waals surface area contributed by atoms with Crippen LogP contribution in [0.5, 0.6) is 0 Å². The number of aromatic nitrogens is 2. The molecule has 0 saturated carbocycles. The third-order valence-electron chi connectivity index (χ3n) is 1.98. The van der Waals surface area contributed by atoms with Gasteiger partial charge in [-0.15, -0.1) is 0 Å². The molecule has 76 valence electrons. The van der Waals surface area contributed by atoms with Crippen molar-refractivity contribution in [3.63, 3.8) is 0 Å². The number of rotatable bonds is 2. The lowest BCUT2D eigenvalue weighted by Crippen LogP contribution is -2.02. The van der Waals surface area contributed by atoms with Gasteiger partial charge in [0.25, 0.3) is 0 Å². The fraction of sp³-hybridized carbons (Fsp3) is 0.556. The van der Waals surface area contributed by atoms with Crippen LogP contribution in [0.1, 0.15) is 18.5 Å². The van der Waals surface area contributed by atoms with Crippen molar-refractivity contribution in [3.8, 4) is 0 Å². The SMILES string of the molecule is Cc1cc(N)nc(SC2CCCO2)n1. The second-order valence-electron chi connectivity index (χ2n) is 3.28. The second-order valence-corrected chi connectivity index (χ2v) is 4.40. The average Bonchev–Trinajstić information content (AvgIpc) is 2.54. The molecule has 2 N–H and O–H groups in total. The van der Waals surface area contributed by atoms with Crippen LogP contribution in [0, 0.1) is 6.92 Å². The highest BCUT2D eigenvalue weighted by atomic mass is 32.2. The number of aryl methyl sites for hydroxylation is 1. The summed E-state index contributed by atoms with van der Waals surface area (Å²) in [6.45, 7) is 2.76. The zero-order chi connectivity index (χ0) is 9.97. The van der Waals surface area contributed by atoms with Crippen molar-refractivity contribution in [2.45, 2.75) is 30.4 Å². The first-order valence-corrected chi connectivity index (χ1v) is 5.51. The van der Waals surface area contributed by atoms with Crippen molar-refractivity contribution in [1.29, 1.82) is 0 Å². The Morgan fingerprint density at radius 2 is 2.43 bits per heavy atom. The van der Waals surface area contributed by atoms with Crippen LogP contribution in [-0.2, 0) is 4.74 Å². The lowest BCUT2D eigenvalue weighted by molar-refractivity contribution is 0.173. The molecule has 0 aromatic carbocycles. The number of anilines is 1. The zero-order valence-electron chi connectivity index (χ0n) is 8.06. The van der Waals surface area contributed by atoms with Crippen LogP contribution in [0.3, 0.4) is 0 Å². The zero-order valence-corrected chi connectivity index (χ0v) is 8.88. The van der Waals surface area contributed by atoms with E-state index in [2.05, 4.69) is 9.97 Å². The molecule has 5 heteroatoms. The predicted octanol–water partition coefficient (Wildman–Crippen LogP) is 1.60. The lowest BCUT2D eigenvalue weighted by Gasteiger charge is -2.07. The second kappa shape index (κ2) is 4.14. The minimum Gasteiger partial charge on any atom is -0.384 e. The van der Waals surface area contributed by atoms with E-state index in [1.165, 1.54) is 0 Å². The van der Waals surface area contributed by atoms with Crippen molar-refractivity contribution in [1.82, 2.24) is 9.97 Å². The molecule has 1 saturated heterocycles. The van der Waals surface area contributed by atoms with Gasteiger partial charge in [-0.1, -0.05) is 11.8 Å². The van der Waals surface area contributed by atoms with E-state index >= 15 is 0 Å². The van der Waals surface area contributed by atoms with E-state index < -0.39 is 0 Å². The fourth-order valence-corrected chi connectivity index (χ4v) is 2.41. The Labute approximate surface area is 87.3 Å². The van der Waals surface area contributed by atoms with Crippen LogP contribution < -0.4 is 5.73 Å². The molecule has 1 unspecified atom stereocenters. The van der Waals surface area contributed by atoms with Crippen LogP contribution in [0.25, 0.3) is 0 Å². The number of nitrogen functional groups attached to an aromatic ring is 1. The molecule has 1 aromatic rings. The minimum absolute atomic E-state index is 0.205. The smallest absolute Gasteiger partial charge is 0.192 e. The molecule has 0 spiro atoms. The highest BCUT2D eigenvalue weighted by molar-refractivity contribution is 7.99. The summed E-state index contributed by atoms with van der Waals surface area (Å²) >= 11 is 1.56. The topological polar surface area (TPSA) is 61.0 Å². The van der Waals surface area contributed by atoms with Gasteiger partial charge in [0.15, 0.2) is 5.16 Å². The number of hydrogen-bond donors (Lipinski definition) is 1. The van der Waals surface area contributed by atoms with Crippen molar-refractivity contribution in [2.75, 3.05) is 12.3 Å². The summed E-state index contributed by atoms with van der Waals surface area (Å²) in [7, 11) is 0. The summed E-state index contributed by atoms with van der Waals surface area (Å²) in [5.74, 6) is 0.526. The van der Waals surface area contributed by atoms with Crippen LogP contribution in [-0.4, -0.2) is 22.0 Å². The quantitative estimate of drug-likeness (QED) is 0.753. The normalized spacial score (nSPS) is 21.4. The van der Waals surface area contributed by atoms with Crippen molar-refractivity contribution >= 4 is 17.6 Å². The minimum atomic E-state index is 0.205. The van der Waals surface area contributed by atoms with Crippen LogP contribution >= 0.6 is 11.8 Å². The van der Waals surface area contributed by atoms with E-state index in [0.29, 0.717) is 5.82 Å². The molecular weight excluding hydrogens is 198 g/mol. The Kier molecular flexibility index (Phi) is 2.88. The van der Waals surface area contributed by atoms with E-state index in [4.69, 9.17) is 10.5 Å². The maximum atomic E-state index is 5.63. The molecule has 2 heterocycles. The van der Waals surface area contributed by atoms with Gasteiger partial charge in [-0.25, -0.2) is 9.97 Å². The average molecular weight is 211 g/mol. The monoisotopic (exact) mass is 211 g/mol. The Morgan fingerprint density at radius 3 is 3.07 bits per heavy atom. The van der Waals surface area contributed by atoms with Gasteiger partial charge < -0.3 is 10.5 Å². The van der Waals surface area contributed by atoms with Gasteiger partial charge in [0.1, 0.15) is 11.3 Å². The van der Waals surface area contributed by atoms with Gasteiger partial charge >= 0.3 is 0 Å². The summed E-state index contributed by atoms with van der Waals surface area (Å²) in [5.41, 5.74) is 6.73. The maximum absolute atomic E-state index is 5.63. The predicted molar refractivity (Wildman–Crippen MR) is 56.0 cm³/mol. The lowest BCUT2D eigenvalue weighted by atomic mass is 10.4. The molecule has 4 nitrogen and oxygen atoms in total. The molecule has 0 radical (unpaired) electrons. The number of ether oxygens (including phenoxy) is 1. The van der Waals surface area contributed by atoms with Crippen molar-refractivity contribution in [3.05, 3.63) is 11.8 Å². The van der Waals surface area contributed by atoms with Crippen LogP contribution in [0.15, 0.2) is 11.2 Å². The van der Waals surface area contributed by atoms with E-state index in [1.807, 2.05) is 6.92 Å². The standard InChI is InChI=1S/C9H13N3OS/c1-6-5-7(10)12-9(11-6)14-8-3-2-4-13-8/h5,8H,2-4H2,1H3,(H2,10,11,12). The van der Waals surface area contributed by atoms with Crippen LogP contribution in [0.4, 0.5) is 5.82 Å². The fourth-order valence-electron chi connectivity index (χ4n) is 1.38. The molecule has 2 rings (SSSR count). The maximum Gasteiger partial charge on any atom is 0.192 e. The molecular formula is C9H13N3OS. The Hall–Kier alpha value is -0.810. The molecule has 1 aliphatic rings. The van der Waals surface area contributed by atoms with Gasteiger partial charge in [0.2, 0.25) is 0 Å². The van der Waals surface area contributed by atoms with E-state index in [1.54, 1.807) is 17.8 Å². The molecule has 0 aliphatic carbocycles. The molecule has 14 heavy (non-hydrogen) atoms. The van der Waals surface area contributed by atoms with E-state index in [-0.39, 0.29) is 5.44 Å². The van der Waals surface area contributed by atoms with Gasteiger partial charge in [0.05, 0.1) is 0 Å². The summed E-state index contributed by atoms with van der Waals surface area (Å²) in [5, 5.41) is 0.717. The Morgan fingerprint density at radius 1 is 1.57 bits per heavy atom. The summed E-state index contributed by atoms with van der Waals surface area (Å²) in [6, 6.07) is 1.76. The van der Waals surface area contributed by atoms with E-state index in [9.17, 15) is 0 Å². The molecule has 0 bridgehead atoms. The molecule has 0 amide bonds. The molecule has 1 fully saturated rings. The number of hydrogen-bond acceptors (Lipinski definition) is 5. The highest BCUT2D eigenvalue weighted by Crippen LogP contribution is 2.28. The van der Waals surface area contributed by atoms with Gasteiger partial charge in [0, 0.05) is 18.4 Å². The number of thioether (sulfide) groups is 1. The third kappa shape index (κ3) is 2.36. The van der Waals surface area contributed by atoms with Crippen molar-refractivity contribution in [2.24, 2.45) is 0 Å². The molecule has 1 aromatic heterocycles. The highest BCUT2D eigenvalue weighted by Gasteiger charge is 2.18.